The topological polar surface area (TPSA) is 93.7 Å². The van der Waals surface area contributed by atoms with Crippen molar-refractivity contribution in [2.45, 2.75) is 157 Å². The van der Waals surface area contributed by atoms with E-state index in [1.807, 2.05) is 112 Å². The third-order valence-electron chi connectivity index (χ3n) is 24.6. The minimum Gasteiger partial charge on any atom is -0.311 e. The summed E-state index contributed by atoms with van der Waals surface area (Å²) in [4.78, 5) is 36.2. The summed E-state index contributed by atoms with van der Waals surface area (Å²) in [7, 11) is 0. The van der Waals surface area contributed by atoms with E-state index in [0.717, 1.165) is 71.7 Å². The van der Waals surface area contributed by atoms with Gasteiger partial charge in [0.1, 0.15) is 0 Å². The molecule has 18 aromatic rings. The molecule has 2 aliphatic rings. The van der Waals surface area contributed by atoms with E-state index in [4.69, 9.17) is 32.6 Å². The molecule has 0 fully saturated rings. The van der Waals surface area contributed by atoms with Crippen LogP contribution in [0, 0.1) is 0 Å². The molecule has 14 aromatic carbocycles. The molecule has 125 heavy (non-hydrogen) atoms. The van der Waals surface area contributed by atoms with Gasteiger partial charge < -0.3 is 18.9 Å². The summed E-state index contributed by atoms with van der Waals surface area (Å²) in [5.74, 6) is -0.247. The van der Waals surface area contributed by atoms with Crippen molar-refractivity contribution >= 4 is 101 Å². The maximum atomic E-state index is 10.4. The van der Waals surface area contributed by atoms with Crippen LogP contribution in [-0.4, -0.2) is 45.8 Å². The van der Waals surface area contributed by atoms with E-state index in [1.54, 1.807) is 0 Å². The SMILES string of the molecule is [2H]c1c([2H])c([2H])c(-c2nc(-c3cc(C(C)(C)C)ccc3N3c4cc(-n5c6ccc(C(C)(C)C)cc6c6cc(C(C)(C)C)ccc65)ccc4B4c5ccc(-c6cc(C(C)(C)C)cc(C(C)(C)C)c6)cc5N(c5ccc(C(C)(C)C)cc5-c5nc(-c6ccccc6)nc(-c6ccccc6)n5)c5cc(-n6c7c([2H])c([2H])c([2H])c([2H])c7c7c([2H])c([2H])c([2H])c([2H])c76)cc3c54)nc(-c3c([2H])c([2H])c([2H])c([2H])c3[2H])n2)c([2H])c1[2H]. The molecule has 0 aliphatic carbocycles. The first-order valence-electron chi connectivity index (χ1n) is 51.6. The molecule has 10 nitrogen and oxygen atoms in total. The smallest absolute Gasteiger partial charge is 0.252 e. The normalized spacial score (nSPS) is 15.2. The van der Waals surface area contributed by atoms with E-state index in [1.165, 1.54) is 4.57 Å². The molecule has 0 atom stereocenters. The van der Waals surface area contributed by atoms with Crippen molar-refractivity contribution in [2.75, 3.05) is 9.80 Å². The molecule has 0 spiro atoms. The molecule has 11 heteroatoms. The number of benzene rings is 14. The van der Waals surface area contributed by atoms with Gasteiger partial charge in [-0.15, -0.1) is 0 Å². The van der Waals surface area contributed by atoms with Crippen LogP contribution in [0.25, 0.3) is 134 Å². The zero-order valence-corrected chi connectivity index (χ0v) is 73.6. The van der Waals surface area contributed by atoms with Crippen LogP contribution in [-0.2, 0) is 32.5 Å². The highest BCUT2D eigenvalue weighted by Crippen LogP contribution is 2.53. The predicted octanol–water partition coefficient (Wildman–Crippen LogP) is 27.8. The minimum atomic E-state index is -0.847. The van der Waals surface area contributed by atoms with Crippen LogP contribution in [0.3, 0.4) is 0 Å². The Morgan fingerprint density at radius 2 is 0.600 bits per heavy atom. The third-order valence-corrected chi connectivity index (χ3v) is 24.6. The van der Waals surface area contributed by atoms with Gasteiger partial charge in [0.25, 0.3) is 6.71 Å². The largest absolute Gasteiger partial charge is 0.311 e. The fourth-order valence-corrected chi connectivity index (χ4v) is 17.6. The van der Waals surface area contributed by atoms with Gasteiger partial charge in [0, 0.05) is 83.4 Å². The second kappa shape index (κ2) is 29.5. The van der Waals surface area contributed by atoms with E-state index in [-0.39, 0.29) is 72.1 Å². The number of para-hydroxylation sites is 2. The van der Waals surface area contributed by atoms with Crippen LogP contribution in [0.1, 0.15) is 183 Å². The van der Waals surface area contributed by atoms with Gasteiger partial charge in [-0.05, 0) is 184 Å². The summed E-state index contributed by atoms with van der Waals surface area (Å²) in [6.07, 6.45) is 0. The average molecular weight is 1640 g/mol. The summed E-state index contributed by atoms with van der Waals surface area (Å²) in [5.41, 5.74) is 13.5. The van der Waals surface area contributed by atoms with E-state index in [2.05, 4.69) is 227 Å². The van der Waals surface area contributed by atoms with Crippen molar-refractivity contribution < 1.29 is 24.7 Å². The molecule has 0 unspecified atom stereocenters. The minimum absolute atomic E-state index is 0.131. The first-order valence-corrected chi connectivity index (χ1v) is 42.6. The van der Waals surface area contributed by atoms with Crippen LogP contribution in [0.4, 0.5) is 34.1 Å². The van der Waals surface area contributed by atoms with Crippen molar-refractivity contribution in [3.8, 4) is 90.8 Å². The first kappa shape index (κ1) is 61.6. The lowest BCUT2D eigenvalue weighted by Gasteiger charge is -2.45. The lowest BCUT2D eigenvalue weighted by Crippen LogP contribution is -2.61. The van der Waals surface area contributed by atoms with Gasteiger partial charge in [-0.25, -0.2) is 29.9 Å². The number of nitrogens with zero attached hydrogens (tertiary/aromatic N) is 10. The Morgan fingerprint density at radius 1 is 0.240 bits per heavy atom. The molecule has 6 heterocycles. The highest BCUT2D eigenvalue weighted by atomic mass is 15.2. The second-order valence-electron chi connectivity index (χ2n) is 39.2. The molecule has 4 aromatic heterocycles. The molecular formula is C114H105BN10. The summed E-state index contributed by atoms with van der Waals surface area (Å²) >= 11 is 0. The molecule has 0 saturated carbocycles. The van der Waals surface area contributed by atoms with Crippen LogP contribution >= 0.6 is 0 Å². The Hall–Kier alpha value is -13.6. The summed E-state index contributed by atoms with van der Waals surface area (Å²) < 4.78 is 176. The van der Waals surface area contributed by atoms with Gasteiger partial charge in [0.15, 0.2) is 34.9 Å². The highest BCUT2D eigenvalue weighted by Gasteiger charge is 2.46. The van der Waals surface area contributed by atoms with Crippen LogP contribution < -0.4 is 26.2 Å². The first-order chi connectivity index (χ1) is 67.2. The van der Waals surface area contributed by atoms with Crippen LogP contribution in [0.5, 0.6) is 0 Å². The van der Waals surface area contributed by atoms with Crippen molar-refractivity contribution in [3.63, 3.8) is 0 Å². The number of rotatable bonds is 11. The lowest BCUT2D eigenvalue weighted by atomic mass is 9.33. The van der Waals surface area contributed by atoms with Gasteiger partial charge in [0.05, 0.1) is 63.8 Å². The number of anilines is 6. The Morgan fingerprint density at radius 3 is 1.03 bits per heavy atom. The average Bonchev–Trinajstić information content (AvgIpc) is 1.66. The molecule has 0 saturated heterocycles. The van der Waals surface area contributed by atoms with Crippen LogP contribution in [0.15, 0.2) is 309 Å². The second-order valence-corrected chi connectivity index (χ2v) is 39.2. The van der Waals surface area contributed by atoms with Gasteiger partial charge in [-0.2, -0.15) is 0 Å². The van der Waals surface area contributed by atoms with E-state index in [0.29, 0.717) is 73.5 Å². The van der Waals surface area contributed by atoms with Gasteiger partial charge in [0.2, 0.25) is 0 Å². The highest BCUT2D eigenvalue weighted by molar-refractivity contribution is 7.00. The Kier molecular flexibility index (Phi) is 14.6. The van der Waals surface area contributed by atoms with Gasteiger partial charge >= 0.3 is 0 Å². The zero-order valence-electron chi connectivity index (χ0n) is 91.6. The lowest BCUT2D eigenvalue weighted by molar-refractivity contribution is 0.569. The number of aromatic nitrogens is 8. The fraction of sp³-hybridized carbons (Fsp3) is 0.211. The van der Waals surface area contributed by atoms with Gasteiger partial charge in [-0.3, -0.25) is 0 Å². The monoisotopic (exact) mass is 1640 g/mol. The maximum Gasteiger partial charge on any atom is 0.252 e. The summed E-state index contributed by atoms with van der Waals surface area (Å²) in [5, 5.41) is 1.63. The molecule has 2 aliphatic heterocycles. The van der Waals surface area contributed by atoms with E-state index < -0.39 is 149 Å². The number of hydrogen-bond donors (Lipinski definition) is 0. The standard InChI is InChI=1S/C114H105BN10/c1-109(2,3)76-48-55-94-86(63-76)87-64-77(110(4,5)6)49-56-95(87)122(94)82-52-54-91-99(67-82)125(97-58-51-79(112(10,11)12)66-89(97)108-120-105(72-39-27-21-28-40-72)117-106(121-108)73-41-29-22-30-42-73)101-69-83(123-92-45-33-31-43-84(92)85-44-32-34-46-93(85)123)68-100-102(101)115(91)90-53-47-74(75-59-80(113(13,14)15)62-81(60-75)114(16,17)18)61-98(90)124(100)96-57-50-78(111(7,8)9)65-88(96)107-118-103(70-35-23-19-24-36-70)116-104(119-107)71-37-25-20-26-38-71/h19-69H,1-18H3/i21D,22D,27D,28D,29D,30D,31D,32D,33D,34D,39D,40D,41D,42D,43D,44D,45D,46D. The molecule has 20 rings (SSSR count). The van der Waals surface area contributed by atoms with E-state index in [9.17, 15) is 21.9 Å². The van der Waals surface area contributed by atoms with Gasteiger partial charge in [-0.1, -0.05) is 343 Å². The zero-order chi connectivity index (χ0) is 102. The Bertz CT molecular complexity index is 8150. The Labute approximate surface area is 760 Å². The molecule has 0 N–H and O–H groups in total. The molecule has 614 valence electrons. The molecule has 0 bridgehead atoms. The quantitative estimate of drug-likeness (QED) is 0.118. The predicted molar refractivity (Wildman–Crippen MR) is 526 cm³/mol. The number of hydrogen-bond acceptors (Lipinski definition) is 8. The Balaban J connectivity index is 1.02. The fourth-order valence-electron chi connectivity index (χ4n) is 17.6. The van der Waals surface area contributed by atoms with Crippen molar-refractivity contribution in [1.82, 2.24) is 39.0 Å². The van der Waals surface area contributed by atoms with Crippen molar-refractivity contribution in [2.24, 2.45) is 0 Å². The third kappa shape index (κ3) is 14.2. The maximum absolute atomic E-state index is 10.4. The number of fused-ring (bicyclic) bond motifs is 10. The van der Waals surface area contributed by atoms with Crippen molar-refractivity contribution in [3.05, 3.63) is 342 Å². The molecular weight excluding hydrogens is 1520 g/mol. The van der Waals surface area contributed by atoms with Crippen LogP contribution in [0.2, 0.25) is 0 Å². The van der Waals surface area contributed by atoms with Crippen molar-refractivity contribution in [1.29, 1.82) is 0 Å². The summed E-state index contributed by atoms with van der Waals surface area (Å²) in [6, 6.07) is 56.4. The van der Waals surface area contributed by atoms with E-state index >= 15 is 0 Å². The molecule has 0 amide bonds. The summed E-state index contributed by atoms with van der Waals surface area (Å²) in [6.45, 7) is 38.1. The molecule has 0 radical (unpaired) electrons.